The summed E-state index contributed by atoms with van der Waals surface area (Å²) in [6, 6.07) is 49.0. The number of hydrogen-bond donors (Lipinski definition) is 0. The fraction of sp³-hybridized carbons (Fsp3) is 0.527. The first-order chi connectivity index (χ1) is 58.4. The number of hydrogen-bond acceptors (Lipinski definition) is 12. The van der Waals surface area contributed by atoms with Gasteiger partial charge in [0.2, 0.25) is 0 Å². The van der Waals surface area contributed by atoms with Crippen LogP contribution in [-0.2, 0) is 61.7 Å². The van der Waals surface area contributed by atoms with Crippen molar-refractivity contribution in [3.63, 3.8) is 0 Å². The predicted octanol–water partition coefficient (Wildman–Crippen LogP) is 30.0. The minimum atomic E-state index is -3.32. The molecule has 11 rings (SSSR count). The molecule has 2 fully saturated rings. The van der Waals surface area contributed by atoms with Crippen molar-refractivity contribution in [2.75, 3.05) is 0 Å². The molecule has 0 N–H and O–H groups in total. The number of carbonyl (C=O) groups excluding carboxylic acids is 7. The number of thiazole rings is 1. The van der Waals surface area contributed by atoms with E-state index in [9.17, 15) is 46.4 Å². The number of benzene rings is 5. The Balaban J connectivity index is 0.000000493. The van der Waals surface area contributed by atoms with Crippen molar-refractivity contribution in [2.45, 2.75) is 336 Å². The molecule has 4 heterocycles. The molecule has 4 aromatic heterocycles. The average molecular weight is 1830 g/mol. The second-order valence-electron chi connectivity index (χ2n) is 44.1. The van der Waals surface area contributed by atoms with Crippen molar-refractivity contribution in [3.05, 3.63) is 252 Å². The Hall–Kier alpha value is -8.70. The summed E-state index contributed by atoms with van der Waals surface area (Å²) < 4.78 is 41.5. The lowest BCUT2D eigenvalue weighted by Crippen LogP contribution is -2.27. The molecule has 0 saturated heterocycles. The maximum atomic E-state index is 13.4. The highest BCUT2D eigenvalue weighted by atomic mass is 35.5. The Morgan fingerprint density at radius 1 is 0.450 bits per heavy atom. The standard InChI is InChI=1S/C17H20O2S.C13H17FO.C13H18O.C12H17NO.C12H22O.C12H18.C11H16ClNO.C11H15NO.C10H15NOS.CH4/c1-13-8-10-14(11-9-13)15-6-5-7-16(12-15)20(18,19)17(2,3)4;1-9-5-6-10(11(14)7-9)8-12(15)13(2,3)4;1-10-6-5-7-11(8-10)9-12(14)13(2,3)4;1-12(2,3)11(14)10-5-4-8-13(10)9-6-7-9;1-12(2,3)11(13)9-10-7-5-4-6-8-10;1-10-6-5-7-11(8-10)9-12(2,3)4;1-7-6-8(13(5)10(7)12)9(14)11(2,3)4;1-8-6-5-7-9(12-8)10(13)11(2,3)4;1-7-11-8(6-13-7)5-9(12)10(2,3)4;/h5-12H,1-4H3;5-7H,8H2,1-4H3;5-8H,9H2,1-4H3;4-5,8-9H,6-7H2,1-3H3;10H,4-9H2,1-3H3;5-8H,9H2,1-4H3;6H,1-5H3;5-7H,1-4H3;6H,5H2,1-4H3;1H4. The van der Waals surface area contributed by atoms with Gasteiger partial charge in [0.05, 0.1) is 38.2 Å². The van der Waals surface area contributed by atoms with Crippen LogP contribution in [0.1, 0.15) is 344 Å². The highest BCUT2D eigenvalue weighted by Crippen LogP contribution is 2.38. The normalized spacial score (nSPS) is 13.1. The fourth-order valence-electron chi connectivity index (χ4n) is 12.8. The number of pyridine rings is 1. The molecule has 0 unspecified atom stereocenters. The van der Waals surface area contributed by atoms with E-state index < -0.39 is 20.0 Å². The Kier molecular flexibility index (Phi) is 44.8. The van der Waals surface area contributed by atoms with E-state index in [1.54, 1.807) is 67.0 Å². The maximum absolute atomic E-state index is 13.4. The number of rotatable bonds is 15. The van der Waals surface area contributed by atoms with Gasteiger partial charge in [0, 0.05) is 87.5 Å². The zero-order chi connectivity index (χ0) is 98.0. The van der Waals surface area contributed by atoms with Gasteiger partial charge in [0.1, 0.15) is 39.8 Å². The van der Waals surface area contributed by atoms with Crippen LogP contribution >= 0.6 is 22.9 Å². The van der Waals surface area contributed by atoms with E-state index in [4.69, 9.17) is 11.6 Å². The number of carbonyl (C=O) groups is 7. The van der Waals surface area contributed by atoms with Gasteiger partial charge in [-0.1, -0.05) is 337 Å². The van der Waals surface area contributed by atoms with Gasteiger partial charge in [-0.2, -0.15) is 0 Å². The van der Waals surface area contributed by atoms with E-state index >= 15 is 0 Å². The lowest BCUT2D eigenvalue weighted by molar-refractivity contribution is -0.127. The maximum Gasteiger partial charge on any atom is 0.186 e. The van der Waals surface area contributed by atoms with Crippen molar-refractivity contribution in [3.8, 4) is 11.1 Å². The third-order valence-corrected chi connectivity index (χ3v) is 25.3. The summed E-state index contributed by atoms with van der Waals surface area (Å²) in [5, 5.41) is 3.62. The monoisotopic (exact) mass is 1830 g/mol. The molecular weight excluding hydrogens is 1660 g/mol. The van der Waals surface area contributed by atoms with Gasteiger partial charge in [-0.15, -0.1) is 11.3 Å². The summed E-state index contributed by atoms with van der Waals surface area (Å²) in [5.41, 5.74) is 12.9. The van der Waals surface area contributed by atoms with E-state index in [2.05, 4.69) is 72.6 Å². The van der Waals surface area contributed by atoms with E-state index in [-0.39, 0.29) is 81.1 Å². The van der Waals surface area contributed by atoms with E-state index in [1.165, 1.54) is 73.3 Å². The third-order valence-electron chi connectivity index (χ3n) is 21.4. The molecule has 2 saturated carbocycles. The van der Waals surface area contributed by atoms with Gasteiger partial charge in [0.25, 0.3) is 0 Å². The number of ketones is 7. The number of Topliss-reactive ketones (excluding diaryl/α,β-unsaturated/α-hetero) is 7. The smallest absolute Gasteiger partial charge is 0.186 e. The van der Waals surface area contributed by atoms with Gasteiger partial charge in [-0.05, 0) is 187 Å². The van der Waals surface area contributed by atoms with Gasteiger partial charge in [-0.3, -0.25) is 38.5 Å². The molecule has 0 spiro atoms. The first-order valence-electron chi connectivity index (χ1n) is 45.3. The van der Waals surface area contributed by atoms with Crippen LogP contribution in [0.3, 0.4) is 0 Å². The molecule has 129 heavy (non-hydrogen) atoms. The quantitative estimate of drug-likeness (QED) is 0.0888. The van der Waals surface area contributed by atoms with Gasteiger partial charge in [-0.25, -0.2) is 17.8 Å². The predicted molar refractivity (Wildman–Crippen MR) is 542 cm³/mol. The highest BCUT2D eigenvalue weighted by molar-refractivity contribution is 7.92. The van der Waals surface area contributed by atoms with Gasteiger partial charge >= 0.3 is 0 Å². The molecule has 2 aliphatic carbocycles. The Bertz CT molecular complexity index is 5230. The van der Waals surface area contributed by atoms with Crippen LogP contribution in [0.4, 0.5) is 4.39 Å². The Morgan fingerprint density at radius 2 is 0.915 bits per heavy atom. The fourth-order valence-corrected chi connectivity index (χ4v) is 14.8. The molecule has 0 aliphatic heterocycles. The molecule has 0 radical (unpaired) electrons. The molecule has 17 heteroatoms. The number of nitrogens with zero attached hydrogens (tertiary/aromatic N) is 4. The largest absolute Gasteiger partial charge is 0.342 e. The van der Waals surface area contributed by atoms with Crippen LogP contribution in [0.15, 0.2) is 168 Å². The molecular formula is C112H162ClFN4O9S2. The molecule has 5 aromatic carbocycles. The molecule has 2 aliphatic rings. The minimum absolute atomic E-state index is 0. The van der Waals surface area contributed by atoms with Crippen LogP contribution in [0.25, 0.3) is 11.1 Å². The van der Waals surface area contributed by atoms with Crippen LogP contribution in [0.5, 0.6) is 0 Å². The molecule has 13 nitrogen and oxygen atoms in total. The SMILES string of the molecule is C.CC(C)(C)C(=O)CC1CCCCC1.CC(C)(C)C(=O)c1cccn1C1CC1.Cc1cc(C(=O)C(C)(C)C)n(C)c1Cl.Cc1ccc(-c2cccc(S(=O)(=O)C(C)(C)C)c2)cc1.Cc1ccc(CC(=O)C(C)(C)C)c(F)c1.Cc1cccc(C(=O)C(C)(C)C)n1.Cc1cccc(CC(=O)C(C)(C)C)c1.Cc1cccc(CC(C)(C)C)c1.Cc1nc(CC(=O)C(C)(C)C)cs1. The number of aryl methyl sites for hydroxylation is 7. The topological polar surface area (TPSA) is 189 Å². The summed E-state index contributed by atoms with van der Waals surface area (Å²) in [5.74, 6) is 1.92. The van der Waals surface area contributed by atoms with E-state index in [1.807, 2.05) is 290 Å². The highest BCUT2D eigenvalue weighted by Gasteiger charge is 2.34. The van der Waals surface area contributed by atoms with Crippen LogP contribution in [0, 0.1) is 104 Å². The zero-order valence-corrected chi connectivity index (χ0v) is 87.2. The molecule has 9 aromatic rings. The number of sulfone groups is 1. The molecule has 0 atom stereocenters. The first-order valence-corrected chi connectivity index (χ1v) is 48.1. The Morgan fingerprint density at radius 3 is 1.36 bits per heavy atom. The zero-order valence-electron chi connectivity index (χ0n) is 84.8. The summed E-state index contributed by atoms with van der Waals surface area (Å²) in [6.07, 6.45) is 14.2. The summed E-state index contributed by atoms with van der Waals surface area (Å²) in [4.78, 5) is 91.4. The lowest BCUT2D eigenvalue weighted by Gasteiger charge is -2.24. The van der Waals surface area contributed by atoms with Crippen molar-refractivity contribution >= 4 is 73.3 Å². The van der Waals surface area contributed by atoms with Gasteiger partial charge < -0.3 is 9.13 Å². The summed E-state index contributed by atoms with van der Waals surface area (Å²) >= 11 is 7.60. The average Bonchev–Trinajstić information content (AvgIpc) is 1.75. The number of halogens is 2. The Labute approximate surface area is 788 Å². The third kappa shape index (κ3) is 41.7. The molecule has 0 bridgehead atoms. The molecule has 710 valence electrons. The van der Waals surface area contributed by atoms with Crippen LogP contribution in [0.2, 0.25) is 5.15 Å². The van der Waals surface area contributed by atoms with Crippen molar-refractivity contribution in [1.82, 2.24) is 19.1 Å². The molecule has 0 amide bonds. The summed E-state index contributed by atoms with van der Waals surface area (Å²) in [7, 11) is -1.50. The first kappa shape index (κ1) is 116. The van der Waals surface area contributed by atoms with Crippen LogP contribution in [-0.4, -0.2) is 72.7 Å². The van der Waals surface area contributed by atoms with Crippen molar-refractivity contribution < 1.29 is 46.4 Å². The van der Waals surface area contributed by atoms with Crippen molar-refractivity contribution in [2.24, 2.45) is 56.3 Å². The second kappa shape index (κ2) is 49.7. The number of aromatic nitrogens is 4. The second-order valence-corrected chi connectivity index (χ2v) is 48.2. The lowest BCUT2D eigenvalue weighted by atomic mass is 9.80. The van der Waals surface area contributed by atoms with Gasteiger partial charge in [0.15, 0.2) is 27.2 Å². The minimum Gasteiger partial charge on any atom is -0.342 e. The van der Waals surface area contributed by atoms with Crippen LogP contribution < -0.4 is 0 Å². The van der Waals surface area contributed by atoms with Crippen molar-refractivity contribution in [1.29, 1.82) is 0 Å². The summed E-state index contributed by atoms with van der Waals surface area (Å²) in [6.45, 7) is 66.5. The van der Waals surface area contributed by atoms with E-state index in [0.717, 1.165) is 62.7 Å². The van der Waals surface area contributed by atoms with E-state index in [0.29, 0.717) is 68.8 Å².